The van der Waals surface area contributed by atoms with Crippen LogP contribution in [-0.2, 0) is 0 Å². The molecule has 0 saturated carbocycles. The molecule has 0 aliphatic rings. The molecule has 1 aromatic carbocycles. The van der Waals surface area contributed by atoms with Gasteiger partial charge in [-0.05, 0) is 17.9 Å². The van der Waals surface area contributed by atoms with Gasteiger partial charge in [-0.1, -0.05) is 49.4 Å². The number of thiazole rings is 1. The predicted octanol–water partition coefficient (Wildman–Crippen LogP) is 4.33. The maximum atomic E-state index is 5.10. The number of hydrogen-bond acceptors (Lipinski definition) is 3. The van der Waals surface area contributed by atoms with Crippen molar-refractivity contribution in [1.82, 2.24) is 4.98 Å². The first-order valence-electron chi connectivity index (χ1n) is 5.84. The number of aromatic nitrogens is 1. The quantitative estimate of drug-likeness (QED) is 0.802. The van der Waals surface area contributed by atoms with Gasteiger partial charge >= 0.3 is 0 Å². The molecule has 90 valence electrons. The fourth-order valence-corrected chi connectivity index (χ4v) is 2.35. The molecule has 0 amide bonds. The second-order valence-electron chi connectivity index (χ2n) is 4.13. The van der Waals surface area contributed by atoms with Crippen molar-refractivity contribution in [3.8, 4) is 16.5 Å². The Kier molecular flexibility index (Phi) is 3.79. The number of rotatable bonds is 4. The minimum absolute atomic E-state index is 0.619. The summed E-state index contributed by atoms with van der Waals surface area (Å²) >= 11 is 1.53. The van der Waals surface area contributed by atoms with Crippen LogP contribution in [0.2, 0.25) is 0 Å². The topological polar surface area (TPSA) is 22.1 Å². The molecule has 3 heteroatoms. The van der Waals surface area contributed by atoms with Crippen molar-refractivity contribution in [3.63, 3.8) is 0 Å². The lowest BCUT2D eigenvalue weighted by molar-refractivity contribution is 0.412. The Labute approximate surface area is 106 Å². The van der Waals surface area contributed by atoms with Crippen LogP contribution in [0.4, 0.5) is 0 Å². The van der Waals surface area contributed by atoms with Gasteiger partial charge in [0.15, 0.2) is 0 Å². The largest absolute Gasteiger partial charge is 0.473 e. The van der Waals surface area contributed by atoms with Gasteiger partial charge in [0.1, 0.15) is 0 Å². The van der Waals surface area contributed by atoms with Gasteiger partial charge in [-0.2, -0.15) is 0 Å². The van der Waals surface area contributed by atoms with E-state index in [4.69, 9.17) is 4.74 Å². The molecule has 0 aliphatic heterocycles. The minimum atomic E-state index is 0.619. The monoisotopic (exact) mass is 247 g/mol. The Hall–Kier alpha value is -1.35. The normalized spacial score (nSPS) is 12.4. The lowest BCUT2D eigenvalue weighted by Gasteiger charge is -2.08. The van der Waals surface area contributed by atoms with Crippen LogP contribution >= 0.6 is 11.3 Å². The molecule has 2 nitrogen and oxygen atoms in total. The van der Waals surface area contributed by atoms with Crippen LogP contribution in [0.25, 0.3) is 11.3 Å². The highest BCUT2D eigenvalue weighted by atomic mass is 32.1. The summed E-state index contributed by atoms with van der Waals surface area (Å²) in [6.07, 6.45) is 1.17. The van der Waals surface area contributed by atoms with E-state index in [0.29, 0.717) is 11.1 Å². The molecule has 0 spiro atoms. The van der Waals surface area contributed by atoms with E-state index >= 15 is 0 Å². The number of hydrogen-bond donors (Lipinski definition) is 0. The van der Waals surface area contributed by atoms with E-state index in [1.807, 2.05) is 5.38 Å². The molecule has 2 rings (SSSR count). The van der Waals surface area contributed by atoms with Gasteiger partial charge in [-0.15, -0.1) is 0 Å². The maximum Gasteiger partial charge on any atom is 0.273 e. The van der Waals surface area contributed by atoms with Gasteiger partial charge in [0.25, 0.3) is 5.19 Å². The second-order valence-corrected chi connectivity index (χ2v) is 4.95. The van der Waals surface area contributed by atoms with E-state index in [1.54, 1.807) is 7.11 Å². The Balaban J connectivity index is 2.22. The number of ether oxygens (including phenoxy) is 1. The zero-order chi connectivity index (χ0) is 12.3. The first-order chi connectivity index (χ1) is 8.24. The fraction of sp³-hybridized carbons (Fsp3) is 0.357. The van der Waals surface area contributed by atoms with Crippen LogP contribution in [0.15, 0.2) is 29.6 Å². The average Bonchev–Trinajstić information content (AvgIpc) is 2.87. The van der Waals surface area contributed by atoms with Crippen LogP contribution in [-0.4, -0.2) is 12.1 Å². The zero-order valence-electron chi connectivity index (χ0n) is 10.4. The van der Waals surface area contributed by atoms with Crippen LogP contribution in [0, 0.1) is 0 Å². The van der Waals surface area contributed by atoms with E-state index in [1.165, 1.54) is 23.3 Å². The number of nitrogens with zero attached hydrogens (tertiary/aromatic N) is 1. The highest BCUT2D eigenvalue weighted by Gasteiger charge is 2.06. The molecule has 0 aliphatic carbocycles. The molecule has 0 radical (unpaired) electrons. The van der Waals surface area contributed by atoms with Crippen LogP contribution in [0.3, 0.4) is 0 Å². The summed E-state index contributed by atoms with van der Waals surface area (Å²) in [6, 6.07) is 8.65. The predicted molar refractivity (Wildman–Crippen MR) is 72.8 cm³/mol. The van der Waals surface area contributed by atoms with Gasteiger partial charge < -0.3 is 4.74 Å². The van der Waals surface area contributed by atoms with E-state index in [0.717, 1.165) is 11.3 Å². The molecular formula is C14H17NOS. The lowest BCUT2D eigenvalue weighted by atomic mass is 9.97. The first-order valence-corrected chi connectivity index (χ1v) is 6.72. The minimum Gasteiger partial charge on any atom is -0.473 e. The van der Waals surface area contributed by atoms with Gasteiger partial charge in [0.05, 0.1) is 12.8 Å². The van der Waals surface area contributed by atoms with Gasteiger partial charge in [0, 0.05) is 10.9 Å². The van der Waals surface area contributed by atoms with Crippen molar-refractivity contribution in [2.45, 2.75) is 26.2 Å². The highest BCUT2D eigenvalue weighted by Crippen LogP contribution is 2.27. The highest BCUT2D eigenvalue weighted by molar-refractivity contribution is 7.11. The molecule has 1 unspecified atom stereocenters. The molecule has 0 saturated heterocycles. The fourth-order valence-electron chi connectivity index (χ4n) is 1.70. The van der Waals surface area contributed by atoms with Crippen molar-refractivity contribution >= 4 is 11.3 Å². The third-order valence-corrected chi connectivity index (χ3v) is 3.85. The summed E-state index contributed by atoms with van der Waals surface area (Å²) in [7, 11) is 1.65. The maximum absolute atomic E-state index is 5.10. The van der Waals surface area contributed by atoms with Crippen molar-refractivity contribution in [3.05, 3.63) is 35.2 Å². The van der Waals surface area contributed by atoms with Crippen molar-refractivity contribution in [2.75, 3.05) is 7.11 Å². The molecule has 1 aromatic heterocycles. The molecule has 2 aromatic rings. The van der Waals surface area contributed by atoms with E-state index < -0.39 is 0 Å². The Morgan fingerprint density at radius 3 is 2.53 bits per heavy atom. The summed E-state index contributed by atoms with van der Waals surface area (Å²) in [6.45, 7) is 4.46. The Morgan fingerprint density at radius 2 is 2.00 bits per heavy atom. The summed E-state index contributed by atoms with van der Waals surface area (Å²) < 4.78 is 5.10. The Morgan fingerprint density at radius 1 is 1.29 bits per heavy atom. The van der Waals surface area contributed by atoms with Crippen LogP contribution in [0.5, 0.6) is 5.19 Å². The SMILES string of the molecule is CCC(C)c1ccc(-c2csc(OC)n2)cc1. The van der Waals surface area contributed by atoms with Gasteiger partial charge in [-0.3, -0.25) is 0 Å². The molecular weight excluding hydrogens is 230 g/mol. The average molecular weight is 247 g/mol. The number of benzene rings is 1. The smallest absolute Gasteiger partial charge is 0.273 e. The first kappa shape index (κ1) is 12.1. The molecule has 17 heavy (non-hydrogen) atoms. The van der Waals surface area contributed by atoms with Crippen molar-refractivity contribution in [1.29, 1.82) is 0 Å². The van der Waals surface area contributed by atoms with Gasteiger partial charge in [-0.25, -0.2) is 4.98 Å². The zero-order valence-corrected chi connectivity index (χ0v) is 11.3. The summed E-state index contributed by atoms with van der Waals surface area (Å²) in [5.74, 6) is 0.619. The van der Waals surface area contributed by atoms with Crippen molar-refractivity contribution in [2.24, 2.45) is 0 Å². The Bertz CT molecular complexity index is 475. The third kappa shape index (κ3) is 2.67. The van der Waals surface area contributed by atoms with E-state index in [-0.39, 0.29) is 0 Å². The summed E-state index contributed by atoms with van der Waals surface area (Å²) in [4.78, 5) is 4.39. The summed E-state index contributed by atoms with van der Waals surface area (Å²) in [5.41, 5.74) is 3.53. The van der Waals surface area contributed by atoms with Crippen LogP contribution in [0.1, 0.15) is 31.7 Å². The van der Waals surface area contributed by atoms with Crippen LogP contribution < -0.4 is 4.74 Å². The number of methoxy groups -OCH3 is 1. The third-order valence-electron chi connectivity index (χ3n) is 3.05. The van der Waals surface area contributed by atoms with Gasteiger partial charge in [0.2, 0.25) is 0 Å². The second kappa shape index (κ2) is 5.32. The molecule has 1 heterocycles. The molecule has 0 bridgehead atoms. The van der Waals surface area contributed by atoms with Crippen molar-refractivity contribution < 1.29 is 4.74 Å². The molecule has 0 N–H and O–H groups in total. The molecule has 1 atom stereocenters. The summed E-state index contributed by atoms with van der Waals surface area (Å²) in [5, 5.41) is 2.74. The van der Waals surface area contributed by atoms with E-state index in [9.17, 15) is 0 Å². The van der Waals surface area contributed by atoms with E-state index in [2.05, 4.69) is 43.1 Å². The lowest BCUT2D eigenvalue weighted by Crippen LogP contribution is -1.90. The molecule has 0 fully saturated rings. The standard InChI is InChI=1S/C14H17NOS/c1-4-10(2)11-5-7-12(8-6-11)13-9-17-14(15-13)16-3/h5-10H,4H2,1-3H3.